The van der Waals surface area contributed by atoms with Crippen LogP contribution >= 0.6 is 0 Å². The Morgan fingerprint density at radius 2 is 2.25 bits per heavy atom. The third-order valence-electron chi connectivity index (χ3n) is 2.07. The van der Waals surface area contributed by atoms with E-state index in [0.29, 0.717) is 11.4 Å². The molecule has 1 unspecified atom stereocenters. The number of carbonyl (C=O) groups excluding carboxylic acids is 1. The van der Waals surface area contributed by atoms with Crippen LogP contribution in [-0.4, -0.2) is 35.9 Å². The van der Waals surface area contributed by atoms with Crippen LogP contribution in [0.2, 0.25) is 0 Å². The molecule has 0 aliphatic heterocycles. The van der Waals surface area contributed by atoms with E-state index in [1.807, 2.05) is 6.07 Å². The lowest BCUT2D eigenvalue weighted by Gasteiger charge is -2.18. The summed E-state index contributed by atoms with van der Waals surface area (Å²) in [6.07, 6.45) is 1.47. The van der Waals surface area contributed by atoms with Gasteiger partial charge in [-0.3, -0.25) is 4.79 Å². The quantitative estimate of drug-likeness (QED) is 0.816. The lowest BCUT2D eigenvalue weighted by Crippen LogP contribution is -2.36. The Bertz CT molecular complexity index is 405. The van der Waals surface area contributed by atoms with Gasteiger partial charge in [-0.1, -0.05) is 0 Å². The Morgan fingerprint density at radius 1 is 1.56 bits per heavy atom. The molecule has 1 aromatic heterocycles. The molecular formula is C11H14N4O. The van der Waals surface area contributed by atoms with Crippen LogP contribution in [-0.2, 0) is 4.79 Å². The van der Waals surface area contributed by atoms with Crippen molar-refractivity contribution < 1.29 is 4.79 Å². The lowest BCUT2D eigenvalue weighted by molar-refractivity contribution is -0.129. The second-order valence-corrected chi connectivity index (χ2v) is 3.64. The van der Waals surface area contributed by atoms with Crippen LogP contribution in [0.15, 0.2) is 18.3 Å². The van der Waals surface area contributed by atoms with Crippen molar-refractivity contribution >= 4 is 11.7 Å². The number of hydrogen-bond donors (Lipinski definition) is 1. The molecule has 0 saturated heterocycles. The third-order valence-corrected chi connectivity index (χ3v) is 2.07. The second kappa shape index (κ2) is 5.12. The lowest BCUT2D eigenvalue weighted by atomic mass is 10.2. The molecule has 1 heterocycles. The zero-order chi connectivity index (χ0) is 12.1. The van der Waals surface area contributed by atoms with Gasteiger partial charge >= 0.3 is 0 Å². The summed E-state index contributed by atoms with van der Waals surface area (Å²) in [4.78, 5) is 17.1. The van der Waals surface area contributed by atoms with Crippen molar-refractivity contribution in [3.63, 3.8) is 0 Å². The zero-order valence-electron chi connectivity index (χ0n) is 9.56. The molecule has 0 fully saturated rings. The Balaban J connectivity index is 2.67. The van der Waals surface area contributed by atoms with Crippen molar-refractivity contribution in [2.24, 2.45) is 0 Å². The first-order chi connectivity index (χ1) is 7.54. The molecule has 0 radical (unpaired) electrons. The number of pyridine rings is 1. The van der Waals surface area contributed by atoms with E-state index in [9.17, 15) is 4.79 Å². The molecule has 0 bridgehead atoms. The van der Waals surface area contributed by atoms with Crippen LogP contribution < -0.4 is 5.32 Å². The van der Waals surface area contributed by atoms with Crippen molar-refractivity contribution in [2.45, 2.75) is 13.0 Å². The molecule has 1 aromatic rings. The van der Waals surface area contributed by atoms with E-state index in [1.165, 1.54) is 11.1 Å². The second-order valence-electron chi connectivity index (χ2n) is 3.64. The van der Waals surface area contributed by atoms with E-state index in [4.69, 9.17) is 5.26 Å². The number of nitrogens with one attached hydrogen (secondary N) is 1. The van der Waals surface area contributed by atoms with E-state index in [0.717, 1.165) is 0 Å². The summed E-state index contributed by atoms with van der Waals surface area (Å²) >= 11 is 0. The zero-order valence-corrected chi connectivity index (χ0v) is 9.56. The van der Waals surface area contributed by atoms with Crippen LogP contribution in [0.1, 0.15) is 12.5 Å². The number of anilines is 1. The van der Waals surface area contributed by atoms with Gasteiger partial charge in [0.25, 0.3) is 0 Å². The van der Waals surface area contributed by atoms with Crippen LogP contribution in [0, 0.1) is 11.3 Å². The predicted octanol–water partition coefficient (Wildman–Crippen LogP) is 0.842. The molecule has 0 spiro atoms. The summed E-state index contributed by atoms with van der Waals surface area (Å²) in [7, 11) is 3.40. The predicted molar refractivity (Wildman–Crippen MR) is 60.7 cm³/mol. The number of nitrogens with zero attached hydrogens (tertiary/aromatic N) is 3. The molecule has 16 heavy (non-hydrogen) atoms. The summed E-state index contributed by atoms with van der Waals surface area (Å²) in [5.41, 5.74) is 0.497. The summed E-state index contributed by atoms with van der Waals surface area (Å²) in [6.45, 7) is 1.77. The van der Waals surface area contributed by atoms with Crippen molar-refractivity contribution in [1.29, 1.82) is 5.26 Å². The number of aromatic nitrogens is 1. The smallest absolute Gasteiger partial charge is 0.244 e. The number of carbonyl (C=O) groups is 1. The van der Waals surface area contributed by atoms with Gasteiger partial charge in [0.2, 0.25) is 5.91 Å². The van der Waals surface area contributed by atoms with Crippen LogP contribution in [0.4, 0.5) is 5.82 Å². The van der Waals surface area contributed by atoms with Crippen molar-refractivity contribution in [1.82, 2.24) is 9.88 Å². The van der Waals surface area contributed by atoms with Gasteiger partial charge < -0.3 is 10.2 Å². The summed E-state index contributed by atoms with van der Waals surface area (Å²) in [5, 5.41) is 11.6. The third kappa shape index (κ3) is 2.95. The maximum atomic E-state index is 11.6. The first kappa shape index (κ1) is 12.0. The van der Waals surface area contributed by atoms with Gasteiger partial charge in [-0.05, 0) is 19.1 Å². The Hall–Kier alpha value is -2.09. The maximum absolute atomic E-state index is 11.6. The topological polar surface area (TPSA) is 69.0 Å². The molecule has 0 saturated carbocycles. The van der Waals surface area contributed by atoms with Gasteiger partial charge in [0.05, 0.1) is 5.56 Å². The fourth-order valence-electron chi connectivity index (χ4n) is 1.22. The summed E-state index contributed by atoms with van der Waals surface area (Å²) in [5.74, 6) is 0.563. The number of rotatable bonds is 3. The highest BCUT2D eigenvalue weighted by molar-refractivity contribution is 5.83. The van der Waals surface area contributed by atoms with Gasteiger partial charge in [-0.25, -0.2) is 4.98 Å². The van der Waals surface area contributed by atoms with Crippen molar-refractivity contribution in [2.75, 3.05) is 19.4 Å². The molecule has 1 rings (SSSR count). The fourth-order valence-corrected chi connectivity index (χ4v) is 1.22. The van der Waals surface area contributed by atoms with Crippen molar-refractivity contribution in [3.8, 4) is 6.07 Å². The molecular weight excluding hydrogens is 204 g/mol. The van der Waals surface area contributed by atoms with Gasteiger partial charge in [0, 0.05) is 20.3 Å². The van der Waals surface area contributed by atoms with E-state index in [2.05, 4.69) is 10.3 Å². The summed E-state index contributed by atoms with van der Waals surface area (Å²) < 4.78 is 0. The van der Waals surface area contributed by atoms with E-state index < -0.39 is 0 Å². The van der Waals surface area contributed by atoms with Gasteiger partial charge in [0.15, 0.2) is 0 Å². The van der Waals surface area contributed by atoms with Crippen molar-refractivity contribution in [3.05, 3.63) is 23.9 Å². The Morgan fingerprint density at radius 3 is 2.69 bits per heavy atom. The minimum atomic E-state index is -0.338. The van der Waals surface area contributed by atoms with E-state index >= 15 is 0 Å². The molecule has 0 aliphatic rings. The molecule has 84 valence electrons. The molecule has 0 aliphatic carbocycles. The number of nitriles is 1. The van der Waals surface area contributed by atoms with Gasteiger partial charge in [0.1, 0.15) is 17.9 Å². The Labute approximate surface area is 94.7 Å². The molecule has 1 amide bonds. The average Bonchev–Trinajstić information content (AvgIpc) is 2.28. The first-order valence-corrected chi connectivity index (χ1v) is 4.88. The molecule has 0 aromatic carbocycles. The normalized spacial score (nSPS) is 11.4. The van der Waals surface area contributed by atoms with Gasteiger partial charge in [-0.15, -0.1) is 0 Å². The highest BCUT2D eigenvalue weighted by Crippen LogP contribution is 2.06. The first-order valence-electron chi connectivity index (χ1n) is 4.88. The van der Waals surface area contributed by atoms with Crippen LogP contribution in [0.3, 0.4) is 0 Å². The number of likely N-dealkylation sites (N-methyl/N-ethyl adjacent to an activating group) is 1. The molecule has 1 N–H and O–H groups in total. The highest BCUT2D eigenvalue weighted by Gasteiger charge is 2.14. The SMILES string of the molecule is CC(Nc1ccc(C#N)cn1)C(=O)N(C)C. The minimum absolute atomic E-state index is 0.0221. The van der Waals surface area contributed by atoms with E-state index in [-0.39, 0.29) is 11.9 Å². The minimum Gasteiger partial charge on any atom is -0.359 e. The van der Waals surface area contributed by atoms with Crippen LogP contribution in [0.25, 0.3) is 0 Å². The van der Waals surface area contributed by atoms with E-state index in [1.54, 1.807) is 33.2 Å². The number of amides is 1. The fraction of sp³-hybridized carbons (Fsp3) is 0.364. The molecule has 1 atom stereocenters. The Kier molecular flexibility index (Phi) is 3.84. The average molecular weight is 218 g/mol. The number of hydrogen-bond acceptors (Lipinski definition) is 4. The van der Waals surface area contributed by atoms with Crippen LogP contribution in [0.5, 0.6) is 0 Å². The van der Waals surface area contributed by atoms with Gasteiger partial charge in [-0.2, -0.15) is 5.26 Å². The summed E-state index contributed by atoms with van der Waals surface area (Å²) in [6, 6.07) is 4.98. The monoisotopic (exact) mass is 218 g/mol. The highest BCUT2D eigenvalue weighted by atomic mass is 16.2. The molecule has 5 nitrogen and oxygen atoms in total. The largest absolute Gasteiger partial charge is 0.359 e. The molecule has 5 heteroatoms. The standard InChI is InChI=1S/C11H14N4O/c1-8(11(16)15(2)3)14-10-5-4-9(6-12)7-13-10/h4-5,7-8H,1-3H3,(H,13,14). The maximum Gasteiger partial charge on any atom is 0.244 e.